The summed E-state index contributed by atoms with van der Waals surface area (Å²) in [6.07, 6.45) is 1.97. The molecule has 1 heterocycles. The quantitative estimate of drug-likeness (QED) is 0.855. The van der Waals surface area contributed by atoms with Crippen molar-refractivity contribution in [1.82, 2.24) is 5.32 Å². The fourth-order valence-electron chi connectivity index (χ4n) is 2.06. The van der Waals surface area contributed by atoms with E-state index < -0.39 is 0 Å². The van der Waals surface area contributed by atoms with Crippen LogP contribution in [0.4, 0.5) is 5.69 Å². The van der Waals surface area contributed by atoms with Crippen LogP contribution in [0, 0.1) is 0 Å². The van der Waals surface area contributed by atoms with Crippen molar-refractivity contribution in [3.05, 3.63) is 54.0 Å². The molecule has 0 saturated carbocycles. The maximum absolute atomic E-state index is 12.3. The first-order chi connectivity index (χ1) is 10.1. The number of hydrogen-bond acceptors (Lipinski definition) is 4. The van der Waals surface area contributed by atoms with E-state index in [4.69, 9.17) is 9.52 Å². The van der Waals surface area contributed by atoms with Crippen LogP contribution in [0.3, 0.4) is 0 Å². The Morgan fingerprint density at radius 3 is 2.52 bits per heavy atom. The van der Waals surface area contributed by atoms with Gasteiger partial charge in [-0.2, -0.15) is 0 Å². The fraction of sp³-hybridized carbons (Fsp3) is 0.312. The van der Waals surface area contributed by atoms with E-state index in [2.05, 4.69) is 5.32 Å². The second kappa shape index (κ2) is 6.95. The predicted octanol–water partition coefficient (Wildman–Crippen LogP) is 2.20. The number of aliphatic hydroxyl groups excluding tert-OH is 1. The van der Waals surface area contributed by atoms with Gasteiger partial charge in [-0.3, -0.25) is 4.79 Å². The van der Waals surface area contributed by atoms with Gasteiger partial charge in [0.25, 0.3) is 5.91 Å². The highest BCUT2D eigenvalue weighted by atomic mass is 16.3. The molecule has 2 aromatic rings. The molecule has 2 N–H and O–H groups in total. The van der Waals surface area contributed by atoms with Crippen molar-refractivity contribution in [3.8, 4) is 0 Å². The van der Waals surface area contributed by atoms with Crippen LogP contribution < -0.4 is 10.2 Å². The van der Waals surface area contributed by atoms with Gasteiger partial charge in [-0.1, -0.05) is 0 Å². The van der Waals surface area contributed by atoms with Crippen molar-refractivity contribution in [2.45, 2.75) is 12.5 Å². The van der Waals surface area contributed by atoms with Crippen LogP contribution >= 0.6 is 0 Å². The van der Waals surface area contributed by atoms with Crippen LogP contribution in [0.2, 0.25) is 0 Å². The lowest BCUT2D eigenvalue weighted by Crippen LogP contribution is -2.29. The van der Waals surface area contributed by atoms with E-state index in [1.165, 1.54) is 0 Å². The minimum Gasteiger partial charge on any atom is -0.467 e. The second-order valence-electron chi connectivity index (χ2n) is 5.00. The number of nitrogens with one attached hydrogen (secondary N) is 1. The van der Waals surface area contributed by atoms with Gasteiger partial charge >= 0.3 is 0 Å². The van der Waals surface area contributed by atoms with Crippen molar-refractivity contribution >= 4 is 11.6 Å². The van der Waals surface area contributed by atoms with E-state index >= 15 is 0 Å². The highest BCUT2D eigenvalue weighted by molar-refractivity contribution is 5.94. The molecule has 0 spiro atoms. The van der Waals surface area contributed by atoms with Gasteiger partial charge in [0.15, 0.2) is 0 Å². The molecule has 0 fully saturated rings. The van der Waals surface area contributed by atoms with Crippen molar-refractivity contribution < 1.29 is 14.3 Å². The largest absolute Gasteiger partial charge is 0.467 e. The van der Waals surface area contributed by atoms with Crippen LogP contribution in [0.1, 0.15) is 28.6 Å². The fourth-order valence-corrected chi connectivity index (χ4v) is 2.06. The van der Waals surface area contributed by atoms with Gasteiger partial charge < -0.3 is 19.7 Å². The summed E-state index contributed by atoms with van der Waals surface area (Å²) in [6.45, 7) is -0.0226. The molecule has 0 bridgehead atoms. The second-order valence-corrected chi connectivity index (χ2v) is 5.00. The van der Waals surface area contributed by atoms with Crippen LogP contribution in [-0.2, 0) is 0 Å². The van der Waals surface area contributed by atoms with Crippen molar-refractivity contribution in [1.29, 1.82) is 0 Å². The van der Waals surface area contributed by atoms with Crippen molar-refractivity contribution in [2.75, 3.05) is 25.6 Å². The average molecular weight is 288 g/mol. The first kappa shape index (κ1) is 15.1. The highest BCUT2D eigenvalue weighted by Crippen LogP contribution is 2.18. The third-order valence-electron chi connectivity index (χ3n) is 3.26. The topological polar surface area (TPSA) is 65.7 Å². The van der Waals surface area contributed by atoms with Crippen molar-refractivity contribution in [3.63, 3.8) is 0 Å². The van der Waals surface area contributed by atoms with E-state index in [0.717, 1.165) is 5.69 Å². The molecule has 112 valence electrons. The summed E-state index contributed by atoms with van der Waals surface area (Å²) in [6, 6.07) is 10.6. The number of aliphatic hydroxyl groups is 1. The summed E-state index contributed by atoms with van der Waals surface area (Å²) in [5, 5.41) is 12.0. The van der Waals surface area contributed by atoms with Crippen LogP contribution in [0.25, 0.3) is 0 Å². The molecule has 2 rings (SSSR count). The van der Waals surface area contributed by atoms with E-state index in [1.54, 1.807) is 30.5 Å². The molecule has 21 heavy (non-hydrogen) atoms. The molecule has 0 saturated heterocycles. The summed E-state index contributed by atoms with van der Waals surface area (Å²) < 4.78 is 5.30. The smallest absolute Gasteiger partial charge is 0.251 e. The maximum atomic E-state index is 12.3. The molecule has 1 atom stereocenters. The van der Waals surface area contributed by atoms with Gasteiger partial charge in [0.05, 0.1) is 12.3 Å². The van der Waals surface area contributed by atoms with Gasteiger partial charge in [-0.25, -0.2) is 0 Å². The minimum absolute atomic E-state index is 0.0226. The van der Waals surface area contributed by atoms with Crippen molar-refractivity contribution in [2.24, 2.45) is 0 Å². The number of rotatable bonds is 6. The molecule has 0 radical (unpaired) electrons. The number of amides is 1. The predicted molar refractivity (Wildman–Crippen MR) is 81.4 cm³/mol. The number of nitrogens with zero attached hydrogens (tertiary/aromatic N) is 1. The van der Waals surface area contributed by atoms with E-state index in [1.807, 2.05) is 31.1 Å². The highest BCUT2D eigenvalue weighted by Gasteiger charge is 2.17. The lowest BCUT2D eigenvalue weighted by Gasteiger charge is -2.16. The van der Waals surface area contributed by atoms with Gasteiger partial charge in [0.1, 0.15) is 5.76 Å². The zero-order chi connectivity index (χ0) is 15.2. The minimum atomic E-state index is -0.328. The van der Waals surface area contributed by atoms with Crippen LogP contribution in [0.5, 0.6) is 0 Å². The molecule has 0 aliphatic carbocycles. The Morgan fingerprint density at radius 2 is 2.00 bits per heavy atom. The van der Waals surface area contributed by atoms with Gasteiger partial charge in [0.2, 0.25) is 0 Å². The standard InChI is InChI=1S/C16H20N2O3/c1-18(2)13-7-5-12(6-8-13)16(20)17-14(9-10-19)15-4-3-11-21-15/h3-8,11,14,19H,9-10H2,1-2H3,(H,17,20)/t14-/m1/s1. The summed E-state index contributed by atoms with van der Waals surface area (Å²) >= 11 is 0. The number of furan rings is 1. The molecule has 5 heteroatoms. The number of benzene rings is 1. The molecule has 5 nitrogen and oxygen atoms in total. The zero-order valence-corrected chi connectivity index (χ0v) is 12.2. The van der Waals surface area contributed by atoms with Gasteiger partial charge in [-0.15, -0.1) is 0 Å². The van der Waals surface area contributed by atoms with Crippen LogP contribution in [-0.4, -0.2) is 31.7 Å². The maximum Gasteiger partial charge on any atom is 0.251 e. The Hall–Kier alpha value is -2.27. The first-order valence-electron chi connectivity index (χ1n) is 6.84. The Balaban J connectivity index is 2.08. The number of hydrogen-bond donors (Lipinski definition) is 2. The molecular weight excluding hydrogens is 268 g/mol. The number of anilines is 1. The Morgan fingerprint density at radius 1 is 1.29 bits per heavy atom. The molecule has 1 aromatic carbocycles. The summed E-state index contributed by atoms with van der Waals surface area (Å²) in [5.41, 5.74) is 1.61. The molecule has 0 unspecified atom stereocenters. The summed E-state index contributed by atoms with van der Waals surface area (Å²) in [7, 11) is 3.90. The van der Waals surface area contributed by atoms with E-state index in [0.29, 0.717) is 17.7 Å². The third kappa shape index (κ3) is 3.86. The molecule has 0 aliphatic heterocycles. The Bertz CT molecular complexity index is 562. The zero-order valence-electron chi connectivity index (χ0n) is 12.2. The normalized spacial score (nSPS) is 12.0. The Kier molecular flexibility index (Phi) is 5.00. The van der Waals surface area contributed by atoms with E-state index in [-0.39, 0.29) is 18.6 Å². The Labute approximate surface area is 124 Å². The summed E-state index contributed by atoms with van der Waals surface area (Å²) in [4.78, 5) is 14.2. The summed E-state index contributed by atoms with van der Waals surface area (Å²) in [5.74, 6) is 0.456. The van der Waals surface area contributed by atoms with Crippen LogP contribution in [0.15, 0.2) is 47.1 Å². The SMILES string of the molecule is CN(C)c1ccc(C(=O)N[C@H](CCO)c2ccco2)cc1. The van der Waals surface area contributed by atoms with Gasteiger partial charge in [0, 0.05) is 32.0 Å². The van der Waals surface area contributed by atoms with Gasteiger partial charge in [-0.05, 0) is 42.8 Å². The molecule has 0 aliphatic rings. The lowest BCUT2D eigenvalue weighted by atomic mass is 10.1. The molecule has 1 aromatic heterocycles. The average Bonchev–Trinajstić information content (AvgIpc) is 3.01. The number of carbonyl (C=O) groups is 1. The van der Waals surface area contributed by atoms with E-state index in [9.17, 15) is 4.79 Å². The first-order valence-corrected chi connectivity index (χ1v) is 6.84. The third-order valence-corrected chi connectivity index (χ3v) is 3.26. The lowest BCUT2D eigenvalue weighted by molar-refractivity contribution is 0.0923. The number of carbonyl (C=O) groups excluding carboxylic acids is 1. The molecular formula is C16H20N2O3. The molecule has 1 amide bonds. The monoisotopic (exact) mass is 288 g/mol.